The van der Waals surface area contributed by atoms with Crippen LogP contribution >= 0.6 is 0 Å². The first-order valence-corrected chi connectivity index (χ1v) is 10.6. The summed E-state index contributed by atoms with van der Waals surface area (Å²) in [6.45, 7) is 7.64. The van der Waals surface area contributed by atoms with Gasteiger partial charge in [0.15, 0.2) is 0 Å². The molecule has 2 heterocycles. The van der Waals surface area contributed by atoms with Gasteiger partial charge in [-0.25, -0.2) is 4.79 Å². The van der Waals surface area contributed by atoms with Crippen LogP contribution < -0.4 is 4.74 Å². The third-order valence-corrected chi connectivity index (χ3v) is 6.12. The first kappa shape index (κ1) is 23.1. The summed E-state index contributed by atoms with van der Waals surface area (Å²) in [5.74, 6) is -1.41. The van der Waals surface area contributed by atoms with Gasteiger partial charge in [0, 0.05) is 24.2 Å². The molecule has 0 bridgehead atoms. The van der Waals surface area contributed by atoms with Gasteiger partial charge in [0.2, 0.25) is 0 Å². The lowest BCUT2D eigenvalue weighted by Gasteiger charge is -2.27. The topological polar surface area (TPSA) is 106 Å². The van der Waals surface area contributed by atoms with E-state index in [2.05, 4.69) is 4.90 Å². The lowest BCUT2D eigenvalue weighted by Crippen LogP contribution is -2.38. The Bertz CT molecular complexity index is 871. The number of aliphatic carboxylic acids is 1. The molecule has 0 amide bonds. The molecule has 0 radical (unpaired) electrons. The third-order valence-electron chi connectivity index (χ3n) is 6.12. The smallest absolute Gasteiger partial charge is 0.342 e. The van der Waals surface area contributed by atoms with Crippen molar-refractivity contribution < 1.29 is 34.0 Å². The van der Waals surface area contributed by atoms with Crippen LogP contribution in [-0.2, 0) is 27.3 Å². The van der Waals surface area contributed by atoms with Crippen molar-refractivity contribution in [3.63, 3.8) is 0 Å². The summed E-state index contributed by atoms with van der Waals surface area (Å²) in [5.41, 5.74) is 3.05. The zero-order valence-corrected chi connectivity index (χ0v) is 18.4. The van der Waals surface area contributed by atoms with Crippen LogP contribution in [0.2, 0.25) is 0 Å². The summed E-state index contributed by atoms with van der Waals surface area (Å²) in [6.07, 6.45) is 3.22. The Morgan fingerprint density at radius 2 is 2.03 bits per heavy atom. The van der Waals surface area contributed by atoms with Gasteiger partial charge in [0.25, 0.3) is 0 Å². The standard InChI is InChI=1S/C23H31NO7/c1-14(12-16(22(26)27)6-7-24-8-10-30-11-9-24)4-5-17-20(25)19-18(13-31-23(19)28)15(2)21(17)29-3/h4,16,25H,5-13H2,1-3H3,(H,26,27). The number of carbonyl (C=O) groups is 2. The molecule has 1 unspecified atom stereocenters. The molecule has 3 rings (SSSR count). The van der Waals surface area contributed by atoms with Gasteiger partial charge in [-0.15, -0.1) is 0 Å². The fourth-order valence-electron chi connectivity index (χ4n) is 4.25. The number of carboxylic acids is 1. The number of ether oxygens (including phenoxy) is 3. The molecule has 1 aromatic carbocycles. The maximum atomic E-state index is 12.0. The number of carbonyl (C=O) groups excluding carboxylic acids is 1. The summed E-state index contributed by atoms with van der Waals surface area (Å²) in [6, 6.07) is 0. The summed E-state index contributed by atoms with van der Waals surface area (Å²) >= 11 is 0. The van der Waals surface area contributed by atoms with E-state index < -0.39 is 17.9 Å². The van der Waals surface area contributed by atoms with E-state index in [0.717, 1.165) is 30.8 Å². The number of aromatic hydroxyl groups is 1. The van der Waals surface area contributed by atoms with E-state index in [1.807, 2.05) is 19.9 Å². The summed E-state index contributed by atoms with van der Waals surface area (Å²) in [5, 5.41) is 20.4. The van der Waals surface area contributed by atoms with Crippen LogP contribution in [0, 0.1) is 12.8 Å². The van der Waals surface area contributed by atoms with Crippen LogP contribution in [0.1, 0.15) is 46.8 Å². The molecular weight excluding hydrogens is 402 g/mol. The minimum atomic E-state index is -0.808. The highest BCUT2D eigenvalue weighted by atomic mass is 16.5. The summed E-state index contributed by atoms with van der Waals surface area (Å²) < 4.78 is 15.9. The SMILES string of the molecule is COc1c(C)c2c(c(O)c1CC=C(C)CC(CCN1CCOCC1)C(=O)O)C(=O)OC2. The van der Waals surface area contributed by atoms with Crippen molar-refractivity contribution in [2.75, 3.05) is 40.0 Å². The molecule has 1 fully saturated rings. The molecule has 31 heavy (non-hydrogen) atoms. The lowest BCUT2D eigenvalue weighted by atomic mass is 9.93. The molecule has 2 N–H and O–H groups in total. The molecule has 0 saturated carbocycles. The van der Waals surface area contributed by atoms with Crippen molar-refractivity contribution in [3.05, 3.63) is 33.9 Å². The first-order chi connectivity index (χ1) is 14.8. The van der Waals surface area contributed by atoms with Gasteiger partial charge < -0.3 is 24.4 Å². The van der Waals surface area contributed by atoms with E-state index in [1.165, 1.54) is 7.11 Å². The van der Waals surface area contributed by atoms with Crippen LogP contribution in [0.5, 0.6) is 11.5 Å². The molecule has 0 aromatic heterocycles. The van der Waals surface area contributed by atoms with Crippen LogP contribution in [0.3, 0.4) is 0 Å². The second-order valence-corrected chi connectivity index (χ2v) is 8.15. The Hall–Kier alpha value is -2.58. The van der Waals surface area contributed by atoms with E-state index in [9.17, 15) is 19.8 Å². The second-order valence-electron chi connectivity index (χ2n) is 8.15. The van der Waals surface area contributed by atoms with Gasteiger partial charge in [0.05, 0.1) is 26.2 Å². The summed E-state index contributed by atoms with van der Waals surface area (Å²) in [7, 11) is 1.53. The van der Waals surface area contributed by atoms with Crippen molar-refractivity contribution in [2.24, 2.45) is 5.92 Å². The number of carboxylic acid groups (broad SMARTS) is 1. The highest BCUT2D eigenvalue weighted by Gasteiger charge is 2.32. The number of nitrogens with zero attached hydrogens (tertiary/aromatic N) is 1. The maximum Gasteiger partial charge on any atom is 0.342 e. The van der Waals surface area contributed by atoms with Crippen molar-refractivity contribution in [1.82, 2.24) is 4.90 Å². The van der Waals surface area contributed by atoms with Crippen LogP contribution in [-0.4, -0.2) is 67.0 Å². The predicted molar refractivity (Wildman–Crippen MR) is 114 cm³/mol. The molecule has 170 valence electrons. The molecule has 8 heteroatoms. The Morgan fingerprint density at radius 3 is 2.68 bits per heavy atom. The van der Waals surface area contributed by atoms with Gasteiger partial charge in [-0.05, 0) is 45.2 Å². The molecule has 2 aliphatic heterocycles. The van der Waals surface area contributed by atoms with Gasteiger partial charge in [-0.1, -0.05) is 11.6 Å². The number of cyclic esters (lactones) is 1. The lowest BCUT2D eigenvalue weighted by molar-refractivity contribution is -0.142. The van der Waals surface area contributed by atoms with E-state index in [4.69, 9.17) is 14.2 Å². The number of fused-ring (bicyclic) bond motifs is 1. The molecule has 2 aliphatic rings. The Kier molecular flexibility index (Phi) is 7.56. The van der Waals surface area contributed by atoms with E-state index >= 15 is 0 Å². The number of morpholine rings is 1. The number of allylic oxidation sites excluding steroid dienone is 2. The number of benzene rings is 1. The van der Waals surface area contributed by atoms with Crippen molar-refractivity contribution >= 4 is 11.9 Å². The van der Waals surface area contributed by atoms with Gasteiger partial charge in [-0.2, -0.15) is 0 Å². The molecule has 0 spiro atoms. The maximum absolute atomic E-state index is 12.0. The molecule has 1 atom stereocenters. The number of methoxy groups -OCH3 is 1. The number of esters is 1. The normalized spacial score (nSPS) is 17.9. The third kappa shape index (κ3) is 5.19. The zero-order valence-electron chi connectivity index (χ0n) is 18.4. The summed E-state index contributed by atoms with van der Waals surface area (Å²) in [4.78, 5) is 26.0. The second kappa shape index (κ2) is 10.2. The molecular formula is C23H31NO7. The predicted octanol–water partition coefficient (Wildman–Crippen LogP) is 2.68. The average Bonchev–Trinajstić information content (AvgIpc) is 3.15. The highest BCUT2D eigenvalue weighted by Crippen LogP contribution is 2.42. The van der Waals surface area contributed by atoms with Crippen molar-refractivity contribution in [1.29, 1.82) is 0 Å². The number of phenolic OH excluding ortho intramolecular Hbond substituents is 1. The molecule has 1 saturated heterocycles. The monoisotopic (exact) mass is 433 g/mol. The number of phenols is 1. The number of hydrogen-bond acceptors (Lipinski definition) is 7. The first-order valence-electron chi connectivity index (χ1n) is 10.6. The van der Waals surface area contributed by atoms with Crippen LogP contribution in [0.15, 0.2) is 11.6 Å². The highest BCUT2D eigenvalue weighted by molar-refractivity contribution is 5.98. The van der Waals surface area contributed by atoms with E-state index in [-0.39, 0.29) is 17.9 Å². The average molecular weight is 434 g/mol. The Balaban J connectivity index is 1.71. The van der Waals surface area contributed by atoms with E-state index in [1.54, 1.807) is 0 Å². The van der Waals surface area contributed by atoms with Crippen LogP contribution in [0.4, 0.5) is 0 Å². The fourth-order valence-corrected chi connectivity index (χ4v) is 4.25. The fraction of sp³-hybridized carbons (Fsp3) is 0.565. The van der Waals surface area contributed by atoms with Gasteiger partial charge in [-0.3, -0.25) is 9.69 Å². The Labute approximate surface area is 182 Å². The quantitative estimate of drug-likeness (QED) is 0.452. The van der Waals surface area contributed by atoms with Gasteiger partial charge in [0.1, 0.15) is 23.7 Å². The van der Waals surface area contributed by atoms with Gasteiger partial charge >= 0.3 is 11.9 Å². The molecule has 0 aliphatic carbocycles. The molecule has 8 nitrogen and oxygen atoms in total. The minimum absolute atomic E-state index is 0.119. The Morgan fingerprint density at radius 1 is 1.32 bits per heavy atom. The molecule has 1 aromatic rings. The zero-order chi connectivity index (χ0) is 22.5. The van der Waals surface area contributed by atoms with Crippen molar-refractivity contribution in [3.8, 4) is 11.5 Å². The van der Waals surface area contributed by atoms with Crippen LogP contribution in [0.25, 0.3) is 0 Å². The minimum Gasteiger partial charge on any atom is -0.507 e. The van der Waals surface area contributed by atoms with E-state index in [0.29, 0.717) is 49.4 Å². The number of rotatable bonds is 9. The number of hydrogen-bond donors (Lipinski definition) is 2. The van der Waals surface area contributed by atoms with Crippen molar-refractivity contribution in [2.45, 2.75) is 39.7 Å². The largest absolute Gasteiger partial charge is 0.507 e.